The number of carboxylic acid groups (broad SMARTS) is 1. The predicted octanol–water partition coefficient (Wildman–Crippen LogP) is 3.08. The first-order chi connectivity index (χ1) is 10.1. The summed E-state index contributed by atoms with van der Waals surface area (Å²) in [6, 6.07) is 10.8. The van der Waals surface area contributed by atoms with Gasteiger partial charge in [0.05, 0.1) is 21.3 Å². The number of ether oxygens (including phenoxy) is 3. The second-order valence-electron chi connectivity index (χ2n) is 4.24. The summed E-state index contributed by atoms with van der Waals surface area (Å²) >= 11 is 0. The van der Waals surface area contributed by atoms with Crippen LogP contribution in [0.3, 0.4) is 0 Å². The highest BCUT2D eigenvalue weighted by molar-refractivity contribution is 6.01. The number of benzene rings is 2. The van der Waals surface area contributed by atoms with Crippen molar-refractivity contribution >= 4 is 5.97 Å². The summed E-state index contributed by atoms with van der Waals surface area (Å²) in [5.41, 5.74) is 1.31. The lowest BCUT2D eigenvalue weighted by Crippen LogP contribution is -2.06. The van der Waals surface area contributed by atoms with Crippen molar-refractivity contribution in [1.29, 1.82) is 0 Å². The molecule has 0 amide bonds. The van der Waals surface area contributed by atoms with Crippen molar-refractivity contribution in [1.82, 2.24) is 0 Å². The van der Waals surface area contributed by atoms with Gasteiger partial charge in [-0.25, -0.2) is 4.79 Å². The van der Waals surface area contributed by atoms with Crippen molar-refractivity contribution in [3.63, 3.8) is 0 Å². The Hall–Kier alpha value is -2.69. The number of hydrogen-bond acceptors (Lipinski definition) is 4. The van der Waals surface area contributed by atoms with E-state index in [1.165, 1.54) is 21.3 Å². The van der Waals surface area contributed by atoms with Crippen LogP contribution in [0.1, 0.15) is 10.4 Å². The second-order valence-corrected chi connectivity index (χ2v) is 4.24. The van der Waals surface area contributed by atoms with E-state index in [1.807, 2.05) is 30.3 Å². The maximum atomic E-state index is 11.7. The van der Waals surface area contributed by atoms with Crippen LogP contribution in [0.2, 0.25) is 0 Å². The third-order valence-electron chi connectivity index (χ3n) is 3.13. The molecule has 0 aliphatic rings. The topological polar surface area (TPSA) is 65.0 Å². The summed E-state index contributed by atoms with van der Waals surface area (Å²) in [7, 11) is 4.33. The molecule has 0 aliphatic carbocycles. The molecule has 21 heavy (non-hydrogen) atoms. The minimum absolute atomic E-state index is 0.0429. The standard InChI is InChI=1S/C16H16O5/c1-19-12-9-11(10-7-5-4-6-8-10)13(16(17)18)15(21-3)14(12)20-2/h4-9H,1-3H3,(H,17,18). The Morgan fingerprint density at radius 3 is 2.05 bits per heavy atom. The summed E-state index contributed by atoms with van der Waals surface area (Å²) in [4.78, 5) is 11.7. The number of rotatable bonds is 5. The Labute approximate surface area is 122 Å². The van der Waals surface area contributed by atoms with Crippen molar-refractivity contribution in [3.05, 3.63) is 42.0 Å². The summed E-state index contributed by atoms with van der Waals surface area (Å²) < 4.78 is 15.8. The normalized spacial score (nSPS) is 10.0. The molecule has 0 aliphatic heterocycles. The minimum Gasteiger partial charge on any atom is -0.493 e. The fourth-order valence-electron chi connectivity index (χ4n) is 2.21. The Morgan fingerprint density at radius 1 is 0.952 bits per heavy atom. The van der Waals surface area contributed by atoms with Crippen molar-refractivity contribution in [3.8, 4) is 28.4 Å². The Kier molecular flexibility index (Phi) is 4.33. The van der Waals surface area contributed by atoms with Gasteiger partial charge in [-0.05, 0) is 11.6 Å². The average Bonchev–Trinajstić information content (AvgIpc) is 2.53. The Balaban J connectivity index is 2.83. The molecule has 5 nitrogen and oxygen atoms in total. The molecular formula is C16H16O5. The molecule has 0 spiro atoms. The number of hydrogen-bond donors (Lipinski definition) is 1. The maximum absolute atomic E-state index is 11.7. The van der Waals surface area contributed by atoms with E-state index in [2.05, 4.69) is 0 Å². The van der Waals surface area contributed by atoms with Gasteiger partial charge in [-0.15, -0.1) is 0 Å². The second kappa shape index (κ2) is 6.17. The SMILES string of the molecule is COc1cc(-c2ccccc2)c(C(=O)O)c(OC)c1OC. The first-order valence-corrected chi connectivity index (χ1v) is 6.25. The molecule has 2 rings (SSSR count). The molecule has 5 heteroatoms. The Bertz CT molecular complexity index is 649. The zero-order valence-corrected chi connectivity index (χ0v) is 12.0. The fourth-order valence-corrected chi connectivity index (χ4v) is 2.21. The first kappa shape index (κ1) is 14.7. The van der Waals surface area contributed by atoms with E-state index in [4.69, 9.17) is 14.2 Å². The van der Waals surface area contributed by atoms with Crippen LogP contribution in [-0.2, 0) is 0 Å². The van der Waals surface area contributed by atoms with E-state index in [9.17, 15) is 9.90 Å². The van der Waals surface area contributed by atoms with Gasteiger partial charge < -0.3 is 19.3 Å². The summed E-state index contributed by atoms with van der Waals surface area (Å²) in [6.45, 7) is 0. The minimum atomic E-state index is -1.09. The molecule has 0 fully saturated rings. The molecule has 0 unspecified atom stereocenters. The van der Waals surface area contributed by atoms with Crippen LogP contribution < -0.4 is 14.2 Å². The molecule has 0 saturated heterocycles. The third-order valence-corrected chi connectivity index (χ3v) is 3.13. The van der Waals surface area contributed by atoms with E-state index in [0.29, 0.717) is 11.3 Å². The van der Waals surface area contributed by atoms with Crippen LogP contribution >= 0.6 is 0 Å². The molecule has 2 aromatic rings. The molecule has 110 valence electrons. The summed E-state index contributed by atoms with van der Waals surface area (Å²) in [6.07, 6.45) is 0. The van der Waals surface area contributed by atoms with Crippen LogP contribution in [0.5, 0.6) is 17.2 Å². The summed E-state index contributed by atoms with van der Waals surface area (Å²) in [5, 5.41) is 9.55. The van der Waals surface area contributed by atoms with Crippen molar-refractivity contribution in [2.75, 3.05) is 21.3 Å². The van der Waals surface area contributed by atoms with Crippen LogP contribution in [0.4, 0.5) is 0 Å². The van der Waals surface area contributed by atoms with E-state index in [1.54, 1.807) is 6.07 Å². The zero-order valence-electron chi connectivity index (χ0n) is 12.0. The lowest BCUT2D eigenvalue weighted by molar-refractivity contribution is 0.0693. The van der Waals surface area contributed by atoms with Gasteiger partial charge in [0.2, 0.25) is 5.75 Å². The lowest BCUT2D eigenvalue weighted by Gasteiger charge is -2.17. The average molecular weight is 288 g/mol. The highest BCUT2D eigenvalue weighted by Gasteiger charge is 2.25. The fraction of sp³-hybridized carbons (Fsp3) is 0.188. The van der Waals surface area contributed by atoms with Gasteiger partial charge in [0.1, 0.15) is 5.56 Å². The number of aromatic carboxylic acids is 1. The van der Waals surface area contributed by atoms with Crippen molar-refractivity contribution < 1.29 is 24.1 Å². The van der Waals surface area contributed by atoms with Crippen LogP contribution in [0.15, 0.2) is 36.4 Å². The van der Waals surface area contributed by atoms with Gasteiger partial charge in [-0.1, -0.05) is 30.3 Å². The van der Waals surface area contributed by atoms with Gasteiger partial charge in [0.15, 0.2) is 11.5 Å². The van der Waals surface area contributed by atoms with Crippen molar-refractivity contribution in [2.45, 2.75) is 0 Å². The molecule has 0 radical (unpaired) electrons. The van der Waals surface area contributed by atoms with Gasteiger partial charge in [0, 0.05) is 5.56 Å². The highest BCUT2D eigenvalue weighted by atomic mass is 16.5. The molecule has 0 bridgehead atoms. The van der Waals surface area contributed by atoms with Crippen LogP contribution in [0.25, 0.3) is 11.1 Å². The zero-order chi connectivity index (χ0) is 15.4. The number of carbonyl (C=O) groups is 1. The quantitative estimate of drug-likeness (QED) is 0.916. The first-order valence-electron chi connectivity index (χ1n) is 6.25. The van der Waals surface area contributed by atoms with E-state index in [-0.39, 0.29) is 17.1 Å². The molecule has 0 atom stereocenters. The molecular weight excluding hydrogens is 272 g/mol. The molecule has 1 N–H and O–H groups in total. The third kappa shape index (κ3) is 2.63. The number of methoxy groups -OCH3 is 3. The highest BCUT2D eigenvalue weighted by Crippen LogP contribution is 2.45. The molecule has 2 aromatic carbocycles. The van der Waals surface area contributed by atoms with E-state index in [0.717, 1.165) is 5.56 Å². The lowest BCUT2D eigenvalue weighted by atomic mass is 9.97. The van der Waals surface area contributed by atoms with Gasteiger partial charge in [-0.3, -0.25) is 0 Å². The molecule has 0 saturated carbocycles. The van der Waals surface area contributed by atoms with E-state index < -0.39 is 5.97 Å². The molecule has 0 aromatic heterocycles. The largest absolute Gasteiger partial charge is 0.493 e. The summed E-state index contributed by atoms with van der Waals surface area (Å²) in [5.74, 6) is -0.273. The smallest absolute Gasteiger partial charge is 0.340 e. The van der Waals surface area contributed by atoms with Crippen molar-refractivity contribution in [2.24, 2.45) is 0 Å². The monoisotopic (exact) mass is 288 g/mol. The van der Waals surface area contributed by atoms with Gasteiger partial charge in [0.25, 0.3) is 0 Å². The van der Waals surface area contributed by atoms with Crippen LogP contribution in [-0.4, -0.2) is 32.4 Å². The van der Waals surface area contributed by atoms with Gasteiger partial charge in [-0.2, -0.15) is 0 Å². The van der Waals surface area contributed by atoms with Gasteiger partial charge >= 0.3 is 5.97 Å². The molecule has 0 heterocycles. The number of carboxylic acids is 1. The van der Waals surface area contributed by atoms with Crippen LogP contribution in [0, 0.1) is 0 Å². The predicted molar refractivity (Wildman–Crippen MR) is 78.5 cm³/mol. The van der Waals surface area contributed by atoms with E-state index >= 15 is 0 Å². The Morgan fingerprint density at radius 2 is 1.57 bits per heavy atom. The maximum Gasteiger partial charge on any atom is 0.340 e.